The summed E-state index contributed by atoms with van der Waals surface area (Å²) in [4.78, 5) is 28.6. The molecule has 4 rings (SSSR count). The molecular formula is C28H37N3O3. The summed E-state index contributed by atoms with van der Waals surface area (Å²) in [6.07, 6.45) is 3.30. The highest BCUT2D eigenvalue weighted by Crippen LogP contribution is 2.45. The molecule has 2 aliphatic rings. The summed E-state index contributed by atoms with van der Waals surface area (Å²) in [7, 11) is 1.94. The topological polar surface area (TPSA) is 63.7 Å². The summed E-state index contributed by atoms with van der Waals surface area (Å²) < 4.78 is 0.172. The average molecular weight is 464 g/mol. The molecule has 0 aromatic heterocycles. The van der Waals surface area contributed by atoms with Gasteiger partial charge >= 0.3 is 5.91 Å². The van der Waals surface area contributed by atoms with Crippen LogP contribution in [0.3, 0.4) is 0 Å². The molecule has 0 radical (unpaired) electrons. The van der Waals surface area contributed by atoms with E-state index in [0.717, 1.165) is 28.9 Å². The van der Waals surface area contributed by atoms with Crippen molar-refractivity contribution in [1.29, 1.82) is 0 Å². The van der Waals surface area contributed by atoms with Crippen molar-refractivity contribution in [1.82, 2.24) is 14.3 Å². The SMILES string of the molecule is CCN(C(=O)[O-])C1C[C@H](C)[N@+](C)(C(C)=O)c2ccc(-c3ccc(CN4CCCCC4)cc3)cc21. The van der Waals surface area contributed by atoms with Crippen LogP contribution in [0.15, 0.2) is 42.5 Å². The number of carboxylic acid groups (broad SMARTS) is 1. The number of carbonyl (C=O) groups is 2. The van der Waals surface area contributed by atoms with E-state index in [1.807, 2.05) is 27.0 Å². The quantitative estimate of drug-likeness (QED) is 0.620. The minimum atomic E-state index is -1.17. The van der Waals surface area contributed by atoms with E-state index in [0.29, 0.717) is 13.0 Å². The smallest absolute Gasteiger partial charge is 0.315 e. The minimum Gasteiger partial charge on any atom is -0.530 e. The van der Waals surface area contributed by atoms with Gasteiger partial charge < -0.3 is 14.8 Å². The molecule has 2 amide bonds. The molecule has 6 heteroatoms. The number of carbonyl (C=O) groups excluding carboxylic acids is 2. The van der Waals surface area contributed by atoms with Gasteiger partial charge in [-0.2, -0.15) is 0 Å². The summed E-state index contributed by atoms with van der Waals surface area (Å²) in [5.41, 5.74) is 5.21. The number of piperidine rings is 1. The Morgan fingerprint density at radius 1 is 1.06 bits per heavy atom. The second kappa shape index (κ2) is 9.88. The van der Waals surface area contributed by atoms with E-state index >= 15 is 0 Å². The number of likely N-dealkylation sites (tertiary alicyclic amines) is 1. The number of amides is 2. The molecule has 2 aliphatic heterocycles. The predicted octanol–water partition coefficient (Wildman–Crippen LogP) is 4.32. The van der Waals surface area contributed by atoms with Gasteiger partial charge in [-0.05, 0) is 68.6 Å². The maximum absolute atomic E-state index is 12.8. The molecule has 1 unspecified atom stereocenters. The Hall–Kier alpha value is -2.70. The van der Waals surface area contributed by atoms with Gasteiger partial charge in [-0.1, -0.05) is 30.7 Å². The van der Waals surface area contributed by atoms with Crippen molar-refractivity contribution in [2.75, 3.05) is 26.7 Å². The number of hydrogen-bond acceptors (Lipinski definition) is 4. The highest BCUT2D eigenvalue weighted by molar-refractivity contribution is 5.89. The lowest BCUT2D eigenvalue weighted by atomic mass is 9.86. The molecule has 0 aliphatic carbocycles. The third-order valence-electron chi connectivity index (χ3n) is 8.08. The van der Waals surface area contributed by atoms with Crippen molar-refractivity contribution in [2.45, 2.75) is 65.1 Å². The maximum atomic E-state index is 12.8. The van der Waals surface area contributed by atoms with Gasteiger partial charge in [0.1, 0.15) is 11.8 Å². The molecule has 2 heterocycles. The van der Waals surface area contributed by atoms with E-state index < -0.39 is 6.09 Å². The number of fused-ring (bicyclic) bond motifs is 1. The number of rotatable bonds is 5. The number of nitrogens with zero attached hydrogens (tertiary/aromatic N) is 3. The van der Waals surface area contributed by atoms with Gasteiger partial charge in [-0.15, -0.1) is 0 Å². The van der Waals surface area contributed by atoms with E-state index in [9.17, 15) is 14.7 Å². The van der Waals surface area contributed by atoms with Crippen LogP contribution in [0.1, 0.15) is 63.6 Å². The zero-order valence-electron chi connectivity index (χ0n) is 20.9. The predicted molar refractivity (Wildman–Crippen MR) is 134 cm³/mol. The van der Waals surface area contributed by atoms with Crippen LogP contribution in [0.25, 0.3) is 11.1 Å². The van der Waals surface area contributed by atoms with Gasteiger partial charge in [0.15, 0.2) is 0 Å². The molecule has 0 bridgehead atoms. The Morgan fingerprint density at radius 2 is 1.71 bits per heavy atom. The lowest BCUT2D eigenvalue weighted by Crippen LogP contribution is -2.60. The van der Waals surface area contributed by atoms with Crippen LogP contribution < -0.4 is 9.59 Å². The molecule has 6 nitrogen and oxygen atoms in total. The number of quaternary nitrogens is 1. The van der Waals surface area contributed by atoms with Crippen LogP contribution in [0.4, 0.5) is 10.5 Å². The van der Waals surface area contributed by atoms with Crippen molar-refractivity contribution < 1.29 is 14.7 Å². The van der Waals surface area contributed by atoms with Crippen molar-refractivity contribution >= 4 is 17.7 Å². The van der Waals surface area contributed by atoms with Crippen molar-refractivity contribution in [3.63, 3.8) is 0 Å². The van der Waals surface area contributed by atoms with E-state index in [-0.39, 0.29) is 22.5 Å². The molecule has 0 spiro atoms. The van der Waals surface area contributed by atoms with Crippen LogP contribution in [-0.4, -0.2) is 54.5 Å². The standard InChI is InChI=1S/C28H37N3O3/c1-5-30(28(33)34)26-17-20(2)31(4,21(3)32)27-14-13-24(18-25(26)27)23-11-9-22(10-12-23)19-29-15-7-6-8-16-29/h9-14,18,20,26H,5-8,15-17,19H2,1-4H3/t20-,26?,31+/m0/s1. The van der Waals surface area contributed by atoms with E-state index in [1.165, 1.54) is 42.8 Å². The maximum Gasteiger partial charge on any atom is 0.315 e. The van der Waals surface area contributed by atoms with Gasteiger partial charge in [0, 0.05) is 31.1 Å². The largest absolute Gasteiger partial charge is 0.530 e. The minimum absolute atomic E-state index is 0.0386. The van der Waals surface area contributed by atoms with Gasteiger partial charge in [0.25, 0.3) is 0 Å². The Morgan fingerprint density at radius 3 is 2.29 bits per heavy atom. The monoisotopic (exact) mass is 463 g/mol. The molecule has 2 aromatic carbocycles. The normalized spacial score (nSPS) is 24.9. The van der Waals surface area contributed by atoms with E-state index in [2.05, 4.69) is 41.3 Å². The van der Waals surface area contributed by atoms with E-state index in [1.54, 1.807) is 6.92 Å². The molecule has 34 heavy (non-hydrogen) atoms. The molecule has 1 fully saturated rings. The molecular weight excluding hydrogens is 426 g/mol. The molecule has 0 N–H and O–H groups in total. The number of hydrogen-bond donors (Lipinski definition) is 0. The van der Waals surface area contributed by atoms with Crippen molar-refractivity contribution in [3.8, 4) is 11.1 Å². The molecule has 1 saturated heterocycles. The molecule has 0 saturated carbocycles. The summed E-state index contributed by atoms with van der Waals surface area (Å²) in [6, 6.07) is 14.5. The number of benzene rings is 2. The summed E-state index contributed by atoms with van der Waals surface area (Å²) in [5, 5.41) is 11.9. The first-order valence-corrected chi connectivity index (χ1v) is 12.6. The lowest BCUT2D eigenvalue weighted by molar-refractivity contribution is -0.268. The average Bonchev–Trinajstić information content (AvgIpc) is 2.83. The fourth-order valence-electron chi connectivity index (χ4n) is 5.75. The Bertz CT molecular complexity index is 1050. The van der Waals surface area contributed by atoms with E-state index in [4.69, 9.17) is 0 Å². The van der Waals surface area contributed by atoms with Crippen molar-refractivity contribution in [3.05, 3.63) is 53.6 Å². The molecule has 3 atom stereocenters. The van der Waals surface area contributed by atoms with Crippen LogP contribution in [0.5, 0.6) is 0 Å². The first-order valence-electron chi connectivity index (χ1n) is 12.6. The molecule has 182 valence electrons. The summed E-state index contributed by atoms with van der Waals surface area (Å²) in [5.74, 6) is 0.0542. The zero-order chi connectivity index (χ0) is 24.5. The first-order chi connectivity index (χ1) is 16.3. The third-order valence-corrected chi connectivity index (χ3v) is 8.08. The van der Waals surface area contributed by atoms with Gasteiger partial charge in [0.05, 0.1) is 26.1 Å². The zero-order valence-corrected chi connectivity index (χ0v) is 20.9. The highest BCUT2D eigenvalue weighted by atomic mass is 16.4. The van der Waals surface area contributed by atoms with Gasteiger partial charge in [0.2, 0.25) is 0 Å². The molecule has 2 aromatic rings. The van der Waals surface area contributed by atoms with Gasteiger partial charge in [-0.25, -0.2) is 9.28 Å². The first kappa shape index (κ1) is 24.4. The second-order valence-electron chi connectivity index (χ2n) is 10.1. The Labute approximate surface area is 203 Å². The fraction of sp³-hybridized carbons (Fsp3) is 0.500. The summed E-state index contributed by atoms with van der Waals surface area (Å²) in [6.45, 7) is 9.15. The Kier molecular flexibility index (Phi) is 7.10. The third kappa shape index (κ3) is 4.49. The van der Waals surface area contributed by atoms with Crippen LogP contribution in [0, 0.1) is 0 Å². The van der Waals surface area contributed by atoms with Gasteiger partial charge in [-0.3, -0.25) is 4.90 Å². The van der Waals surface area contributed by atoms with Crippen molar-refractivity contribution in [2.24, 2.45) is 0 Å². The highest BCUT2D eigenvalue weighted by Gasteiger charge is 2.47. The second-order valence-corrected chi connectivity index (χ2v) is 10.1. The van der Waals surface area contributed by atoms with Crippen LogP contribution in [-0.2, 0) is 11.3 Å². The Balaban J connectivity index is 1.69. The summed E-state index contributed by atoms with van der Waals surface area (Å²) >= 11 is 0. The van der Waals surface area contributed by atoms with Crippen LogP contribution >= 0.6 is 0 Å². The fourth-order valence-corrected chi connectivity index (χ4v) is 5.75. The lowest BCUT2D eigenvalue weighted by Gasteiger charge is -2.47. The van der Waals surface area contributed by atoms with Crippen LogP contribution in [0.2, 0.25) is 0 Å².